The van der Waals surface area contributed by atoms with Crippen molar-refractivity contribution in [1.82, 2.24) is 25.0 Å². The minimum Gasteiger partial charge on any atom is -0.369 e. The van der Waals surface area contributed by atoms with E-state index in [0.717, 1.165) is 23.9 Å². The van der Waals surface area contributed by atoms with E-state index in [1.807, 2.05) is 6.07 Å². The Balaban J connectivity index is 1.40. The minimum absolute atomic E-state index is 0.0231. The van der Waals surface area contributed by atoms with Crippen molar-refractivity contribution >= 4 is 11.5 Å². The summed E-state index contributed by atoms with van der Waals surface area (Å²) in [6.45, 7) is 4.78. The second-order valence-corrected chi connectivity index (χ2v) is 9.65. The molecule has 1 aliphatic heterocycles. The predicted octanol–water partition coefficient (Wildman–Crippen LogP) is 3.91. The lowest BCUT2D eigenvalue weighted by Gasteiger charge is -2.42. The Morgan fingerprint density at radius 3 is 2.53 bits per heavy atom. The maximum atomic E-state index is 14.6. The molecule has 3 atom stereocenters. The molecule has 1 aliphatic rings. The average Bonchev–Trinajstić information content (AvgIpc) is 3.39. The summed E-state index contributed by atoms with van der Waals surface area (Å²) in [4.78, 5) is 23.5. The van der Waals surface area contributed by atoms with Crippen LogP contribution in [0.5, 0.6) is 0 Å². The first-order valence-corrected chi connectivity index (χ1v) is 12.2. The Hall–Kier alpha value is -4.12. The van der Waals surface area contributed by atoms with E-state index in [9.17, 15) is 18.0 Å². The highest BCUT2D eigenvalue weighted by molar-refractivity contribution is 5.97. The third-order valence-electron chi connectivity index (χ3n) is 6.83. The number of Topliss-reactive ketones (excluding diaryl/α,β-unsaturated/α-hetero) is 1. The van der Waals surface area contributed by atoms with E-state index in [1.165, 1.54) is 13.0 Å². The van der Waals surface area contributed by atoms with Crippen LogP contribution in [-0.2, 0) is 6.42 Å². The van der Waals surface area contributed by atoms with Crippen LogP contribution in [0.1, 0.15) is 34.6 Å². The molecule has 1 aromatic carbocycles. The monoisotopic (exact) mass is 521 g/mol. The van der Waals surface area contributed by atoms with Crippen LogP contribution in [0.4, 0.5) is 18.9 Å². The van der Waals surface area contributed by atoms with Crippen molar-refractivity contribution in [3.05, 3.63) is 89.4 Å². The number of nitrogens with two attached hydrogens (primary N) is 1. The van der Waals surface area contributed by atoms with Gasteiger partial charge in [-0.05, 0) is 48.7 Å². The molecular formula is C27H26F3N7O. The number of piperidine rings is 1. The fourth-order valence-electron chi connectivity index (χ4n) is 5.17. The lowest BCUT2D eigenvalue weighted by molar-refractivity contribution is 0.0988. The van der Waals surface area contributed by atoms with E-state index in [2.05, 4.69) is 32.1 Å². The molecule has 1 saturated heterocycles. The Morgan fingerprint density at radius 2 is 1.84 bits per heavy atom. The van der Waals surface area contributed by atoms with Gasteiger partial charge in [-0.1, -0.05) is 12.1 Å². The second-order valence-electron chi connectivity index (χ2n) is 9.65. The molecule has 196 valence electrons. The van der Waals surface area contributed by atoms with Crippen molar-refractivity contribution in [3.63, 3.8) is 0 Å². The first-order chi connectivity index (χ1) is 18.2. The molecule has 11 heteroatoms. The topological polar surface area (TPSA) is 103 Å². The number of carbonyl (C=O) groups excluding carboxylic acids is 1. The van der Waals surface area contributed by atoms with E-state index < -0.39 is 34.5 Å². The van der Waals surface area contributed by atoms with E-state index in [0.29, 0.717) is 24.2 Å². The van der Waals surface area contributed by atoms with Crippen LogP contribution in [0.15, 0.2) is 55.1 Å². The summed E-state index contributed by atoms with van der Waals surface area (Å²) in [5.74, 6) is -3.13. The Morgan fingerprint density at radius 1 is 1.08 bits per heavy atom. The number of ketones is 1. The van der Waals surface area contributed by atoms with E-state index in [-0.39, 0.29) is 30.1 Å². The minimum atomic E-state index is -0.951. The number of rotatable bonds is 6. The van der Waals surface area contributed by atoms with Gasteiger partial charge in [-0.3, -0.25) is 9.78 Å². The highest BCUT2D eigenvalue weighted by atomic mass is 19.1. The smallest absolute Gasteiger partial charge is 0.185 e. The van der Waals surface area contributed by atoms with Crippen LogP contribution in [0.25, 0.3) is 11.3 Å². The first-order valence-electron chi connectivity index (χ1n) is 12.2. The maximum Gasteiger partial charge on any atom is 0.185 e. The molecule has 0 unspecified atom stereocenters. The zero-order valence-electron chi connectivity index (χ0n) is 20.9. The van der Waals surface area contributed by atoms with Crippen molar-refractivity contribution in [2.24, 2.45) is 11.7 Å². The quantitative estimate of drug-likeness (QED) is 0.384. The first kappa shape index (κ1) is 25.5. The molecular weight excluding hydrogens is 495 g/mol. The van der Waals surface area contributed by atoms with Crippen LogP contribution >= 0.6 is 0 Å². The van der Waals surface area contributed by atoms with E-state index >= 15 is 0 Å². The zero-order valence-corrected chi connectivity index (χ0v) is 20.9. The van der Waals surface area contributed by atoms with Gasteiger partial charge in [0.25, 0.3) is 0 Å². The highest BCUT2D eigenvalue weighted by Gasteiger charge is 2.35. The van der Waals surface area contributed by atoms with Gasteiger partial charge in [-0.15, -0.1) is 5.10 Å². The summed E-state index contributed by atoms with van der Waals surface area (Å²) in [5, 5.41) is 8.00. The van der Waals surface area contributed by atoms with Crippen molar-refractivity contribution in [2.45, 2.75) is 32.4 Å². The fraction of sp³-hybridized carbons (Fsp3) is 0.296. The molecule has 4 heterocycles. The number of anilines is 1. The predicted molar refractivity (Wildman–Crippen MR) is 135 cm³/mol. The zero-order chi connectivity index (χ0) is 27.0. The van der Waals surface area contributed by atoms with Gasteiger partial charge >= 0.3 is 0 Å². The lowest BCUT2D eigenvalue weighted by Crippen LogP contribution is -2.53. The second kappa shape index (κ2) is 10.3. The van der Waals surface area contributed by atoms with Gasteiger partial charge in [0.1, 0.15) is 28.8 Å². The van der Waals surface area contributed by atoms with Crippen molar-refractivity contribution in [2.75, 3.05) is 18.0 Å². The number of hydrogen-bond donors (Lipinski definition) is 1. The Labute approximate surface area is 217 Å². The van der Waals surface area contributed by atoms with Crippen molar-refractivity contribution < 1.29 is 18.0 Å². The third-order valence-corrected chi connectivity index (χ3v) is 6.83. The number of halogens is 3. The van der Waals surface area contributed by atoms with Gasteiger partial charge in [0.15, 0.2) is 5.78 Å². The molecule has 0 bridgehead atoms. The van der Waals surface area contributed by atoms with Crippen LogP contribution < -0.4 is 10.6 Å². The number of aryl methyl sites for hydroxylation is 1. The molecule has 0 aliphatic carbocycles. The lowest BCUT2D eigenvalue weighted by atomic mass is 9.89. The van der Waals surface area contributed by atoms with Crippen LogP contribution in [0.2, 0.25) is 0 Å². The Kier molecular flexibility index (Phi) is 6.94. The van der Waals surface area contributed by atoms with E-state index in [1.54, 1.807) is 29.5 Å². The standard InChI is InChI=1S/C27H26F3N7O/c1-15-9-19(29)25(20(30)10-15)26-18(28)3-4-22(34-26)24(38)11-17-12-32-6-5-23(17)36-13-16(2)27(21(31)14-36)37-8-7-33-35-37/h3-10,12,16,21,27H,11,13-14,31H2,1-2H3/t16-,21+,27-/m0/s1. The number of hydrogen-bond acceptors (Lipinski definition) is 7. The number of pyridine rings is 2. The van der Waals surface area contributed by atoms with Crippen molar-refractivity contribution in [1.29, 1.82) is 0 Å². The largest absolute Gasteiger partial charge is 0.369 e. The number of benzene rings is 1. The Bertz CT molecular complexity index is 1440. The fourth-order valence-corrected chi connectivity index (χ4v) is 5.17. The molecule has 4 aromatic rings. The number of nitrogens with zero attached hydrogens (tertiary/aromatic N) is 6. The van der Waals surface area contributed by atoms with Crippen LogP contribution in [0.3, 0.4) is 0 Å². The molecule has 0 saturated carbocycles. The molecule has 3 aromatic heterocycles. The van der Waals surface area contributed by atoms with Gasteiger partial charge < -0.3 is 10.6 Å². The van der Waals surface area contributed by atoms with Gasteiger partial charge in [0, 0.05) is 55.4 Å². The molecule has 8 nitrogen and oxygen atoms in total. The molecule has 2 N–H and O–H groups in total. The summed E-state index contributed by atoms with van der Waals surface area (Å²) in [6.07, 6.45) is 6.56. The summed E-state index contributed by atoms with van der Waals surface area (Å²) >= 11 is 0. The maximum absolute atomic E-state index is 14.6. The summed E-state index contributed by atoms with van der Waals surface area (Å²) in [6, 6.07) is 5.94. The van der Waals surface area contributed by atoms with Crippen molar-refractivity contribution in [3.8, 4) is 11.3 Å². The number of carbonyl (C=O) groups is 1. The highest BCUT2D eigenvalue weighted by Crippen LogP contribution is 2.32. The van der Waals surface area contributed by atoms with Gasteiger partial charge in [0.05, 0.1) is 17.8 Å². The van der Waals surface area contributed by atoms with Crippen LogP contribution in [-0.4, -0.2) is 49.9 Å². The average molecular weight is 522 g/mol. The third kappa shape index (κ3) is 4.89. The normalized spacial score (nSPS) is 19.5. The summed E-state index contributed by atoms with van der Waals surface area (Å²) in [5.41, 5.74) is 7.05. The van der Waals surface area contributed by atoms with Gasteiger partial charge in [-0.25, -0.2) is 22.8 Å². The number of aromatic nitrogens is 5. The summed E-state index contributed by atoms with van der Waals surface area (Å²) in [7, 11) is 0. The SMILES string of the molecule is Cc1cc(F)c(-c2nc(C(=O)Cc3cnccc3N3C[C@@H](N)[C@@H](n4ccnn4)[C@@H](C)C3)ccc2F)c(F)c1. The molecule has 0 spiro atoms. The van der Waals surface area contributed by atoms with Gasteiger partial charge in [-0.2, -0.15) is 0 Å². The van der Waals surface area contributed by atoms with E-state index in [4.69, 9.17) is 5.73 Å². The molecule has 38 heavy (non-hydrogen) atoms. The van der Waals surface area contributed by atoms with Gasteiger partial charge in [0.2, 0.25) is 0 Å². The molecule has 5 rings (SSSR count). The molecule has 0 radical (unpaired) electrons. The van der Waals surface area contributed by atoms with Crippen LogP contribution in [0, 0.1) is 30.3 Å². The molecule has 0 amide bonds. The molecule has 1 fully saturated rings. The summed E-state index contributed by atoms with van der Waals surface area (Å²) < 4.78 is 45.4.